The van der Waals surface area contributed by atoms with E-state index in [1.54, 1.807) is 17.0 Å². The molecule has 0 saturated carbocycles. The lowest BCUT2D eigenvalue weighted by atomic mass is 10.0. The molecule has 140 valence electrons. The number of carboxylic acid groups (broad SMARTS) is 1. The first-order valence-electron chi connectivity index (χ1n) is 7.64. The molecule has 0 aromatic heterocycles. The summed E-state index contributed by atoms with van der Waals surface area (Å²) in [5.41, 5.74) is 0.424. The van der Waals surface area contributed by atoms with Crippen LogP contribution in [0.3, 0.4) is 0 Å². The number of nitrogens with one attached hydrogen (secondary N) is 1. The minimum Gasteiger partial charge on any atom is -0.495 e. The summed E-state index contributed by atoms with van der Waals surface area (Å²) < 4.78 is 10.4. The molecule has 0 spiro atoms. The number of amides is 1. The molecule has 2 rings (SSSR count). The molecule has 1 aliphatic rings. The summed E-state index contributed by atoms with van der Waals surface area (Å²) in [4.78, 5) is 25.3. The number of carbonyl (C=O) groups excluding carboxylic acids is 1. The van der Waals surface area contributed by atoms with Gasteiger partial charge in [0.25, 0.3) is 0 Å². The van der Waals surface area contributed by atoms with Gasteiger partial charge in [0.2, 0.25) is 5.91 Å². The highest BCUT2D eigenvalue weighted by Crippen LogP contribution is 2.35. The van der Waals surface area contributed by atoms with Gasteiger partial charge in [0, 0.05) is 12.1 Å². The number of aliphatic carboxylic acids is 1. The van der Waals surface area contributed by atoms with Crippen LogP contribution in [0.2, 0.25) is 5.02 Å². The Hall–Kier alpha value is -1.70. The van der Waals surface area contributed by atoms with Gasteiger partial charge >= 0.3 is 5.97 Å². The highest BCUT2D eigenvalue weighted by atomic mass is 35.5. The lowest BCUT2D eigenvalue weighted by Crippen LogP contribution is -2.47. The number of benzene rings is 1. The maximum atomic E-state index is 12.3. The molecule has 1 amide bonds. The van der Waals surface area contributed by atoms with Crippen LogP contribution < -0.4 is 14.8 Å². The van der Waals surface area contributed by atoms with Gasteiger partial charge in [0.05, 0.1) is 31.5 Å². The van der Waals surface area contributed by atoms with Gasteiger partial charge < -0.3 is 19.9 Å². The number of hydrogen-bond donors (Lipinski definition) is 2. The minimum atomic E-state index is -0.895. The zero-order chi connectivity index (χ0) is 17.7. The van der Waals surface area contributed by atoms with Gasteiger partial charge in [-0.25, -0.2) is 0 Å². The molecule has 9 heteroatoms. The Morgan fingerprint density at radius 2 is 1.96 bits per heavy atom. The van der Waals surface area contributed by atoms with Crippen LogP contribution in [-0.2, 0) is 9.59 Å². The number of nitrogens with zero attached hydrogens (tertiary/aromatic N) is 1. The lowest BCUT2D eigenvalue weighted by Gasteiger charge is -2.32. The van der Waals surface area contributed by atoms with Crippen molar-refractivity contribution in [1.29, 1.82) is 0 Å². The molecule has 1 atom stereocenters. The fourth-order valence-electron chi connectivity index (χ4n) is 2.79. The van der Waals surface area contributed by atoms with Gasteiger partial charge in [-0.05, 0) is 19.4 Å². The number of methoxy groups -OCH3 is 2. The van der Waals surface area contributed by atoms with Gasteiger partial charge in [-0.2, -0.15) is 0 Å². The average molecular weight is 393 g/mol. The maximum Gasteiger partial charge on any atom is 0.320 e. The fourth-order valence-corrected chi connectivity index (χ4v) is 3.02. The molecule has 1 aromatic carbocycles. The smallest absolute Gasteiger partial charge is 0.320 e. The second-order valence-electron chi connectivity index (χ2n) is 5.56. The molecule has 1 saturated heterocycles. The van der Waals surface area contributed by atoms with E-state index in [9.17, 15) is 14.7 Å². The molecule has 0 radical (unpaired) electrons. The number of carboxylic acids is 1. The summed E-state index contributed by atoms with van der Waals surface area (Å²) in [6.45, 7) is 0.594. The van der Waals surface area contributed by atoms with Crippen molar-refractivity contribution in [2.45, 2.75) is 25.3 Å². The SMILES string of the molecule is COc1cc(NC(=O)CN2CCCCC2C(=O)O)c(OC)cc1Cl.Cl. The molecule has 25 heavy (non-hydrogen) atoms. The van der Waals surface area contributed by atoms with Crippen molar-refractivity contribution < 1.29 is 24.2 Å². The van der Waals surface area contributed by atoms with Crippen molar-refractivity contribution in [1.82, 2.24) is 4.90 Å². The zero-order valence-corrected chi connectivity index (χ0v) is 15.7. The van der Waals surface area contributed by atoms with Crippen LogP contribution in [-0.4, -0.2) is 55.2 Å². The van der Waals surface area contributed by atoms with E-state index in [4.69, 9.17) is 21.1 Å². The van der Waals surface area contributed by atoms with Gasteiger partial charge in [0.1, 0.15) is 17.5 Å². The normalized spacial score (nSPS) is 17.3. The molecular weight excluding hydrogens is 371 g/mol. The third-order valence-electron chi connectivity index (χ3n) is 3.99. The average Bonchev–Trinajstić information content (AvgIpc) is 2.56. The monoisotopic (exact) mass is 392 g/mol. The van der Waals surface area contributed by atoms with Crippen molar-refractivity contribution in [2.24, 2.45) is 0 Å². The summed E-state index contributed by atoms with van der Waals surface area (Å²) in [7, 11) is 2.95. The highest BCUT2D eigenvalue weighted by molar-refractivity contribution is 6.32. The predicted octanol–water partition coefficient (Wildman–Crippen LogP) is 2.66. The Morgan fingerprint density at radius 3 is 2.56 bits per heavy atom. The summed E-state index contributed by atoms with van der Waals surface area (Å²) >= 11 is 6.04. The number of rotatable bonds is 6. The predicted molar refractivity (Wildman–Crippen MR) is 97.3 cm³/mol. The molecule has 1 fully saturated rings. The first kappa shape index (κ1) is 21.3. The molecule has 1 heterocycles. The van der Waals surface area contributed by atoms with E-state index in [0.29, 0.717) is 35.2 Å². The fraction of sp³-hybridized carbons (Fsp3) is 0.500. The first-order chi connectivity index (χ1) is 11.5. The summed E-state index contributed by atoms with van der Waals surface area (Å²) in [5, 5.41) is 12.4. The van der Waals surface area contributed by atoms with Crippen LogP contribution >= 0.6 is 24.0 Å². The van der Waals surface area contributed by atoms with E-state index in [2.05, 4.69) is 5.32 Å². The van der Waals surface area contributed by atoms with Gasteiger partial charge in [-0.3, -0.25) is 14.5 Å². The van der Waals surface area contributed by atoms with Crippen LogP contribution in [0.25, 0.3) is 0 Å². The number of hydrogen-bond acceptors (Lipinski definition) is 5. The number of halogens is 2. The molecule has 2 N–H and O–H groups in total. The third kappa shape index (κ3) is 5.39. The third-order valence-corrected chi connectivity index (χ3v) is 4.29. The molecule has 7 nitrogen and oxygen atoms in total. The van der Waals surface area contributed by atoms with Crippen LogP contribution in [0.1, 0.15) is 19.3 Å². The standard InChI is InChI=1S/C16H21ClN2O5.ClH/c1-23-13-8-11(14(24-2)7-10(13)17)18-15(20)9-19-6-4-3-5-12(19)16(21)22;/h7-8,12H,3-6,9H2,1-2H3,(H,18,20)(H,21,22);1H. The number of likely N-dealkylation sites (tertiary alicyclic amines) is 1. The Balaban J connectivity index is 0.00000312. The molecule has 0 bridgehead atoms. The second kappa shape index (κ2) is 9.70. The van der Waals surface area contributed by atoms with Crippen LogP contribution in [0, 0.1) is 0 Å². The van der Waals surface area contributed by atoms with E-state index in [-0.39, 0.29) is 24.9 Å². The Kier molecular flexibility index (Phi) is 8.28. The maximum absolute atomic E-state index is 12.3. The van der Waals surface area contributed by atoms with Crippen LogP contribution in [0.15, 0.2) is 12.1 Å². The van der Waals surface area contributed by atoms with E-state index in [1.165, 1.54) is 14.2 Å². The molecule has 1 aromatic rings. The zero-order valence-electron chi connectivity index (χ0n) is 14.1. The van der Waals surface area contributed by atoms with Crippen molar-refractivity contribution in [3.05, 3.63) is 17.2 Å². The Morgan fingerprint density at radius 1 is 1.28 bits per heavy atom. The van der Waals surface area contributed by atoms with Crippen molar-refractivity contribution in [3.8, 4) is 11.5 Å². The number of ether oxygens (including phenoxy) is 2. The highest BCUT2D eigenvalue weighted by Gasteiger charge is 2.29. The van der Waals surface area contributed by atoms with Gasteiger partial charge in [-0.15, -0.1) is 12.4 Å². The summed E-state index contributed by atoms with van der Waals surface area (Å²) in [6.07, 6.45) is 2.30. The summed E-state index contributed by atoms with van der Waals surface area (Å²) in [6, 6.07) is 2.51. The largest absolute Gasteiger partial charge is 0.495 e. The number of piperidine rings is 1. The van der Waals surface area contributed by atoms with Gasteiger partial charge in [-0.1, -0.05) is 18.0 Å². The van der Waals surface area contributed by atoms with Crippen LogP contribution in [0.4, 0.5) is 5.69 Å². The van der Waals surface area contributed by atoms with Crippen molar-refractivity contribution in [3.63, 3.8) is 0 Å². The Bertz CT molecular complexity index is 627. The summed E-state index contributed by atoms with van der Waals surface area (Å²) in [5.74, 6) is -0.393. The molecular formula is C16H22Cl2N2O5. The van der Waals surface area contributed by atoms with Crippen molar-refractivity contribution in [2.75, 3.05) is 32.6 Å². The molecule has 0 aliphatic carbocycles. The Labute approximate surface area is 157 Å². The van der Waals surface area contributed by atoms with Gasteiger partial charge in [0.15, 0.2) is 0 Å². The quantitative estimate of drug-likeness (QED) is 0.773. The lowest BCUT2D eigenvalue weighted by molar-refractivity contribution is -0.145. The van der Waals surface area contributed by atoms with Crippen LogP contribution in [0.5, 0.6) is 11.5 Å². The van der Waals surface area contributed by atoms with E-state index >= 15 is 0 Å². The minimum absolute atomic E-state index is 0. The topological polar surface area (TPSA) is 88.1 Å². The van der Waals surface area contributed by atoms with Crippen molar-refractivity contribution >= 4 is 41.6 Å². The molecule has 1 unspecified atom stereocenters. The van der Waals surface area contributed by atoms with E-state index < -0.39 is 12.0 Å². The van der Waals surface area contributed by atoms with E-state index in [0.717, 1.165) is 12.8 Å². The second-order valence-corrected chi connectivity index (χ2v) is 5.96. The first-order valence-corrected chi connectivity index (χ1v) is 8.02. The van der Waals surface area contributed by atoms with E-state index in [1.807, 2.05) is 0 Å². The number of carbonyl (C=O) groups is 2. The number of anilines is 1. The molecule has 1 aliphatic heterocycles.